The molecule has 2 aliphatic rings. The molecule has 2 N–H and O–H groups in total. The Hall–Kier alpha value is -1.79. The second-order valence-electron chi connectivity index (χ2n) is 5.32. The normalized spacial score (nSPS) is 29.4. The fourth-order valence-electron chi connectivity index (χ4n) is 2.89. The van der Waals surface area contributed by atoms with Gasteiger partial charge in [0.15, 0.2) is 0 Å². The number of carbonyl (C=O) groups is 3. The van der Waals surface area contributed by atoms with Crippen LogP contribution in [-0.2, 0) is 14.3 Å². The van der Waals surface area contributed by atoms with E-state index in [-0.39, 0.29) is 17.9 Å². The van der Waals surface area contributed by atoms with Crippen LogP contribution in [0.25, 0.3) is 0 Å². The second-order valence-corrected chi connectivity index (χ2v) is 5.32. The maximum Gasteiger partial charge on any atom is 0.409 e. The Bertz CT molecular complexity index is 412. The van der Waals surface area contributed by atoms with Crippen molar-refractivity contribution in [2.75, 3.05) is 19.7 Å². The highest BCUT2D eigenvalue weighted by atomic mass is 16.6. The van der Waals surface area contributed by atoms with Gasteiger partial charge in [-0.3, -0.25) is 4.79 Å². The molecule has 0 radical (unpaired) electrons. The summed E-state index contributed by atoms with van der Waals surface area (Å²) in [6.45, 7) is 3.30. The number of amides is 2. The molecule has 2 rings (SSSR count). The van der Waals surface area contributed by atoms with Crippen molar-refractivity contribution in [1.82, 2.24) is 10.2 Å². The Labute approximate surface area is 117 Å². The van der Waals surface area contributed by atoms with Gasteiger partial charge < -0.3 is 20.1 Å². The molecule has 112 valence electrons. The first-order valence-electron chi connectivity index (χ1n) is 6.97. The van der Waals surface area contributed by atoms with Crippen molar-refractivity contribution in [3.05, 3.63) is 0 Å². The molecule has 2 fully saturated rings. The van der Waals surface area contributed by atoms with Crippen LogP contribution >= 0.6 is 0 Å². The highest BCUT2D eigenvalue weighted by molar-refractivity contribution is 5.96. The topological polar surface area (TPSA) is 95.9 Å². The Morgan fingerprint density at radius 2 is 2.25 bits per heavy atom. The molecule has 3 unspecified atom stereocenters. The molecule has 0 aromatic carbocycles. The number of ether oxygens (including phenoxy) is 1. The van der Waals surface area contributed by atoms with Crippen LogP contribution in [0.2, 0.25) is 0 Å². The van der Waals surface area contributed by atoms with Crippen molar-refractivity contribution < 1.29 is 24.2 Å². The van der Waals surface area contributed by atoms with Gasteiger partial charge in [0.1, 0.15) is 6.04 Å². The van der Waals surface area contributed by atoms with Crippen molar-refractivity contribution in [3.63, 3.8) is 0 Å². The first-order valence-corrected chi connectivity index (χ1v) is 6.97. The van der Waals surface area contributed by atoms with Gasteiger partial charge in [-0.25, -0.2) is 9.59 Å². The maximum absolute atomic E-state index is 11.7. The fraction of sp³-hybridized carbons (Fsp3) is 0.769. The van der Waals surface area contributed by atoms with E-state index in [9.17, 15) is 14.4 Å². The first kappa shape index (κ1) is 14.6. The number of piperidine rings is 1. The molecule has 2 saturated heterocycles. The molecule has 2 amide bonds. The van der Waals surface area contributed by atoms with Gasteiger partial charge in [0.05, 0.1) is 12.5 Å². The van der Waals surface area contributed by atoms with Gasteiger partial charge in [-0.2, -0.15) is 0 Å². The number of carboxylic acid groups (broad SMARTS) is 1. The van der Waals surface area contributed by atoms with Crippen LogP contribution in [0.5, 0.6) is 0 Å². The van der Waals surface area contributed by atoms with Crippen LogP contribution in [0, 0.1) is 11.8 Å². The Morgan fingerprint density at radius 3 is 2.85 bits per heavy atom. The Kier molecular flexibility index (Phi) is 4.46. The van der Waals surface area contributed by atoms with Crippen molar-refractivity contribution in [2.45, 2.75) is 32.2 Å². The molecule has 7 heteroatoms. The van der Waals surface area contributed by atoms with E-state index >= 15 is 0 Å². The summed E-state index contributed by atoms with van der Waals surface area (Å²) in [5.74, 6) is -1.51. The van der Waals surface area contributed by atoms with E-state index in [1.54, 1.807) is 11.8 Å². The quantitative estimate of drug-likeness (QED) is 0.730. The van der Waals surface area contributed by atoms with Crippen molar-refractivity contribution in [3.8, 4) is 0 Å². The lowest BCUT2D eigenvalue weighted by atomic mass is 9.80. The molecule has 0 spiro atoms. The van der Waals surface area contributed by atoms with Gasteiger partial charge >= 0.3 is 12.1 Å². The molecule has 0 aliphatic carbocycles. The number of hydrogen-bond acceptors (Lipinski definition) is 4. The van der Waals surface area contributed by atoms with E-state index in [1.807, 2.05) is 0 Å². The van der Waals surface area contributed by atoms with Crippen LogP contribution in [0.4, 0.5) is 4.79 Å². The molecule has 2 aliphatic heterocycles. The van der Waals surface area contributed by atoms with Crippen LogP contribution in [0.3, 0.4) is 0 Å². The Balaban J connectivity index is 1.88. The first-order chi connectivity index (χ1) is 9.52. The zero-order valence-electron chi connectivity index (χ0n) is 11.5. The van der Waals surface area contributed by atoms with E-state index in [4.69, 9.17) is 9.84 Å². The maximum atomic E-state index is 11.7. The van der Waals surface area contributed by atoms with Gasteiger partial charge in [-0.1, -0.05) is 0 Å². The van der Waals surface area contributed by atoms with Gasteiger partial charge in [0.25, 0.3) is 0 Å². The largest absolute Gasteiger partial charge is 0.480 e. The van der Waals surface area contributed by atoms with Crippen LogP contribution in [-0.4, -0.2) is 53.7 Å². The van der Waals surface area contributed by atoms with Crippen molar-refractivity contribution in [2.24, 2.45) is 11.8 Å². The predicted molar refractivity (Wildman–Crippen MR) is 69.0 cm³/mol. The summed E-state index contributed by atoms with van der Waals surface area (Å²) in [5, 5.41) is 11.4. The van der Waals surface area contributed by atoms with Crippen LogP contribution < -0.4 is 5.32 Å². The number of hydrogen-bond donors (Lipinski definition) is 2. The molecule has 0 aromatic heterocycles. The lowest BCUT2D eigenvalue weighted by Gasteiger charge is -2.38. The smallest absolute Gasteiger partial charge is 0.409 e. The number of aliphatic carboxylic acids is 1. The monoisotopic (exact) mass is 284 g/mol. The molecule has 20 heavy (non-hydrogen) atoms. The molecule has 0 bridgehead atoms. The van der Waals surface area contributed by atoms with Gasteiger partial charge in [0.2, 0.25) is 5.91 Å². The van der Waals surface area contributed by atoms with Crippen LogP contribution in [0.15, 0.2) is 0 Å². The molecular formula is C13H20N2O5. The lowest BCUT2D eigenvalue weighted by Crippen LogP contribution is -2.62. The fourth-order valence-corrected chi connectivity index (χ4v) is 2.89. The van der Waals surface area contributed by atoms with Crippen LogP contribution in [0.1, 0.15) is 26.2 Å². The third kappa shape index (κ3) is 3.02. The number of carbonyl (C=O) groups excluding carboxylic acids is 2. The zero-order chi connectivity index (χ0) is 14.7. The summed E-state index contributed by atoms with van der Waals surface area (Å²) in [7, 11) is 0. The molecular weight excluding hydrogens is 264 g/mol. The molecule has 0 saturated carbocycles. The summed E-state index contributed by atoms with van der Waals surface area (Å²) >= 11 is 0. The van der Waals surface area contributed by atoms with Gasteiger partial charge in [-0.05, 0) is 32.1 Å². The lowest BCUT2D eigenvalue weighted by molar-refractivity contribution is -0.154. The van der Waals surface area contributed by atoms with Gasteiger partial charge in [-0.15, -0.1) is 0 Å². The number of β-lactam (4-membered cyclic amide) rings is 1. The number of rotatable bonds is 4. The highest BCUT2D eigenvalue weighted by Gasteiger charge is 2.45. The number of likely N-dealkylation sites (tertiary alicyclic amines) is 1. The summed E-state index contributed by atoms with van der Waals surface area (Å²) in [4.78, 5) is 35.7. The second kappa shape index (κ2) is 6.11. The van der Waals surface area contributed by atoms with E-state index in [1.165, 1.54) is 0 Å². The number of carboxylic acids is 1. The SMILES string of the molecule is CCOC(=O)N1CCCC(CC2C(=O)NC2C(=O)O)C1. The van der Waals surface area contributed by atoms with E-state index < -0.39 is 17.9 Å². The van der Waals surface area contributed by atoms with Crippen molar-refractivity contribution >= 4 is 18.0 Å². The summed E-state index contributed by atoms with van der Waals surface area (Å²) in [6, 6.07) is -0.777. The molecule has 3 atom stereocenters. The predicted octanol–water partition coefficient (Wildman–Crippen LogP) is 0.444. The molecule has 2 heterocycles. The average Bonchev–Trinajstić information content (AvgIpc) is 2.42. The van der Waals surface area contributed by atoms with E-state index in [0.717, 1.165) is 12.8 Å². The molecule has 7 nitrogen and oxygen atoms in total. The highest BCUT2D eigenvalue weighted by Crippen LogP contribution is 2.29. The Morgan fingerprint density at radius 1 is 1.50 bits per heavy atom. The van der Waals surface area contributed by atoms with E-state index in [0.29, 0.717) is 26.1 Å². The van der Waals surface area contributed by atoms with E-state index in [2.05, 4.69) is 5.32 Å². The third-order valence-corrected chi connectivity index (χ3v) is 3.94. The third-order valence-electron chi connectivity index (χ3n) is 3.94. The zero-order valence-corrected chi connectivity index (χ0v) is 11.5. The minimum atomic E-state index is -0.993. The average molecular weight is 284 g/mol. The van der Waals surface area contributed by atoms with Gasteiger partial charge in [0, 0.05) is 13.1 Å². The summed E-state index contributed by atoms with van der Waals surface area (Å²) < 4.78 is 4.97. The molecule has 0 aromatic rings. The van der Waals surface area contributed by atoms with Crippen molar-refractivity contribution in [1.29, 1.82) is 0 Å². The minimum Gasteiger partial charge on any atom is -0.480 e. The standard InChI is InChI=1S/C13H20N2O5/c1-2-20-13(19)15-5-3-4-8(7-15)6-9-10(12(17)18)14-11(9)16/h8-10H,2-7H2,1H3,(H,14,16)(H,17,18). The summed E-state index contributed by atoms with van der Waals surface area (Å²) in [6.07, 6.45) is 1.95. The number of nitrogens with one attached hydrogen (secondary N) is 1. The number of nitrogens with zero attached hydrogens (tertiary/aromatic N) is 1. The minimum absolute atomic E-state index is 0.158. The summed E-state index contributed by atoms with van der Waals surface area (Å²) in [5.41, 5.74) is 0.